The molecule has 3 atom stereocenters. The Morgan fingerprint density at radius 1 is 0.718 bits per heavy atom. The van der Waals surface area contributed by atoms with Gasteiger partial charge in [-0.3, -0.25) is 0 Å². The molecule has 0 saturated carbocycles. The summed E-state index contributed by atoms with van der Waals surface area (Å²) in [5.41, 5.74) is 7.78. The molecule has 0 N–H and O–H groups in total. The molecule has 0 aliphatic heterocycles. The van der Waals surface area contributed by atoms with Crippen LogP contribution in [0.25, 0.3) is 11.6 Å². The maximum absolute atomic E-state index is 12.2. The number of hydrogen-bond donors (Lipinski definition) is 0. The Kier molecular flexibility index (Phi) is 6.80. The first-order chi connectivity index (χ1) is 19.2. The third-order valence-corrected chi connectivity index (χ3v) is 7.38. The number of para-hydroxylation sites is 2. The second-order valence-electron chi connectivity index (χ2n) is 9.72. The van der Waals surface area contributed by atoms with Gasteiger partial charge in [-0.25, -0.2) is 4.79 Å². The van der Waals surface area contributed by atoms with Crippen LogP contribution in [0.2, 0.25) is 0 Å². The van der Waals surface area contributed by atoms with E-state index in [9.17, 15) is 4.79 Å². The Morgan fingerprint density at radius 2 is 1.31 bits per heavy atom. The van der Waals surface area contributed by atoms with Crippen LogP contribution in [0.5, 0.6) is 0 Å². The van der Waals surface area contributed by atoms with Crippen LogP contribution in [-0.2, 0) is 9.53 Å². The lowest BCUT2D eigenvalue weighted by Crippen LogP contribution is -2.30. The average Bonchev–Trinajstić information content (AvgIpc) is 3.00. The molecule has 0 heterocycles. The minimum atomic E-state index is -0.402. The van der Waals surface area contributed by atoms with Gasteiger partial charge < -0.3 is 9.64 Å². The van der Waals surface area contributed by atoms with Crippen LogP contribution in [0.3, 0.4) is 0 Å². The number of nitrogens with zero attached hydrogens (tertiary/aromatic N) is 1. The molecule has 39 heavy (non-hydrogen) atoms. The zero-order valence-electron chi connectivity index (χ0n) is 21.6. The average molecular weight is 508 g/mol. The third-order valence-electron chi connectivity index (χ3n) is 7.38. The van der Waals surface area contributed by atoms with Gasteiger partial charge in [0.2, 0.25) is 0 Å². The van der Waals surface area contributed by atoms with Crippen molar-refractivity contribution in [1.29, 1.82) is 0 Å². The van der Waals surface area contributed by atoms with Crippen LogP contribution in [-0.4, -0.2) is 5.97 Å². The monoisotopic (exact) mass is 507 g/mol. The Morgan fingerprint density at radius 3 is 1.97 bits per heavy atom. The number of benzene rings is 4. The minimum absolute atomic E-state index is 0.0194. The summed E-state index contributed by atoms with van der Waals surface area (Å²) in [6, 6.07) is 37.7. The predicted molar refractivity (Wildman–Crippen MR) is 160 cm³/mol. The van der Waals surface area contributed by atoms with E-state index in [1.54, 1.807) is 0 Å². The summed E-state index contributed by atoms with van der Waals surface area (Å²) in [7, 11) is 0. The van der Waals surface area contributed by atoms with Crippen LogP contribution < -0.4 is 4.90 Å². The second-order valence-corrected chi connectivity index (χ2v) is 9.72. The summed E-state index contributed by atoms with van der Waals surface area (Å²) in [5, 5.41) is 0. The number of fused-ring (bicyclic) bond motifs is 2. The van der Waals surface area contributed by atoms with Crippen molar-refractivity contribution >= 4 is 34.7 Å². The topological polar surface area (TPSA) is 29.5 Å². The smallest absolute Gasteiger partial charge is 0.330 e. The summed E-state index contributed by atoms with van der Waals surface area (Å²) in [5.74, 6) is -0.288. The van der Waals surface area contributed by atoms with Crippen molar-refractivity contribution in [3.05, 3.63) is 163 Å². The summed E-state index contributed by atoms with van der Waals surface area (Å²) in [4.78, 5) is 14.5. The van der Waals surface area contributed by atoms with E-state index in [0.29, 0.717) is 0 Å². The molecule has 0 spiro atoms. The molecule has 6 rings (SSSR count). The van der Waals surface area contributed by atoms with Gasteiger partial charge in [0, 0.05) is 40.5 Å². The minimum Gasteiger partial charge on any atom is -0.454 e. The molecule has 0 radical (unpaired) electrons. The highest BCUT2D eigenvalue weighted by Gasteiger charge is 2.39. The number of allylic oxidation sites excluding steroid dienone is 4. The van der Waals surface area contributed by atoms with Crippen LogP contribution in [0.15, 0.2) is 146 Å². The Hall–Kier alpha value is -4.89. The normalized spacial score (nSPS) is 20.1. The fourth-order valence-corrected chi connectivity index (χ4v) is 5.61. The Labute approximate surface area is 229 Å². The molecule has 4 aromatic carbocycles. The molecule has 3 heteroatoms. The maximum atomic E-state index is 12.2. The van der Waals surface area contributed by atoms with Gasteiger partial charge in [0.15, 0.2) is 0 Å². The first-order valence-corrected chi connectivity index (χ1v) is 13.2. The van der Waals surface area contributed by atoms with Crippen molar-refractivity contribution in [3.63, 3.8) is 0 Å². The lowest BCUT2D eigenvalue weighted by atomic mass is 9.69. The SMILES string of the molecule is C=CC(=O)OC1c2ccccc2C(=Cc2ccc(N(c3ccccc3)c3ccccc3)cc2)C2C=CC=CC21. The fraction of sp³-hybridized carbons (Fsp3) is 0.0833. The third kappa shape index (κ3) is 4.87. The van der Waals surface area contributed by atoms with Crippen LogP contribution in [0, 0.1) is 11.8 Å². The van der Waals surface area contributed by atoms with E-state index < -0.39 is 5.97 Å². The van der Waals surface area contributed by atoms with Gasteiger partial charge in [0.05, 0.1) is 0 Å². The maximum Gasteiger partial charge on any atom is 0.330 e. The molecule has 3 nitrogen and oxygen atoms in total. The Bertz CT molecular complexity index is 1530. The van der Waals surface area contributed by atoms with Crippen LogP contribution >= 0.6 is 0 Å². The molecule has 0 bridgehead atoms. The molecule has 0 aromatic heterocycles. The zero-order valence-corrected chi connectivity index (χ0v) is 21.6. The van der Waals surface area contributed by atoms with E-state index >= 15 is 0 Å². The second kappa shape index (κ2) is 10.8. The van der Waals surface area contributed by atoms with Crippen molar-refractivity contribution in [1.82, 2.24) is 0 Å². The van der Waals surface area contributed by atoms with Gasteiger partial charge in [-0.15, -0.1) is 0 Å². The lowest BCUT2D eigenvalue weighted by molar-refractivity contribution is -0.145. The number of rotatable bonds is 6. The predicted octanol–water partition coefficient (Wildman–Crippen LogP) is 8.84. The Balaban J connectivity index is 1.39. The van der Waals surface area contributed by atoms with E-state index in [1.807, 2.05) is 30.3 Å². The first-order valence-electron chi connectivity index (χ1n) is 13.2. The molecular formula is C36H29NO2. The molecule has 3 unspecified atom stereocenters. The van der Waals surface area contributed by atoms with E-state index in [0.717, 1.165) is 33.8 Å². The van der Waals surface area contributed by atoms with Crippen molar-refractivity contribution in [2.24, 2.45) is 11.8 Å². The molecule has 4 aromatic rings. The van der Waals surface area contributed by atoms with Crippen molar-refractivity contribution in [3.8, 4) is 0 Å². The van der Waals surface area contributed by atoms with E-state index in [-0.39, 0.29) is 17.9 Å². The zero-order chi connectivity index (χ0) is 26.6. The fourth-order valence-electron chi connectivity index (χ4n) is 5.61. The van der Waals surface area contributed by atoms with E-state index in [2.05, 4.69) is 121 Å². The number of esters is 1. The molecule has 0 fully saturated rings. The number of carbonyl (C=O) groups is 1. The highest BCUT2D eigenvalue weighted by molar-refractivity contribution is 5.88. The highest BCUT2D eigenvalue weighted by Crippen LogP contribution is 2.49. The largest absolute Gasteiger partial charge is 0.454 e. The van der Waals surface area contributed by atoms with Crippen molar-refractivity contribution in [2.75, 3.05) is 4.90 Å². The van der Waals surface area contributed by atoms with Crippen molar-refractivity contribution < 1.29 is 9.53 Å². The summed E-state index contributed by atoms with van der Waals surface area (Å²) < 4.78 is 5.89. The van der Waals surface area contributed by atoms with Gasteiger partial charge >= 0.3 is 5.97 Å². The number of carbonyl (C=O) groups excluding carboxylic acids is 1. The lowest BCUT2D eigenvalue weighted by Gasteiger charge is -2.39. The van der Waals surface area contributed by atoms with E-state index in [4.69, 9.17) is 4.74 Å². The summed E-state index contributed by atoms with van der Waals surface area (Å²) in [6.07, 6.45) is 11.6. The van der Waals surface area contributed by atoms with Gasteiger partial charge in [0.25, 0.3) is 0 Å². The molecular weight excluding hydrogens is 478 g/mol. The molecule has 0 saturated heterocycles. The molecule has 2 aliphatic rings. The molecule has 2 aliphatic carbocycles. The van der Waals surface area contributed by atoms with Gasteiger partial charge in [0.1, 0.15) is 6.10 Å². The van der Waals surface area contributed by atoms with Crippen LogP contribution in [0.4, 0.5) is 17.1 Å². The standard InChI is InChI=1S/C36H29NO2/c1-2-35(38)39-36-32-19-11-9-17-30(32)34(31-18-10-12-20-33(31)36)25-26-21-23-29(24-22-26)37(27-13-5-3-6-14-27)28-15-7-4-8-16-28/h2-25,30,32,36H,1H2. The number of ether oxygens (including phenoxy) is 1. The summed E-state index contributed by atoms with van der Waals surface area (Å²) in [6.45, 7) is 3.59. The highest BCUT2D eigenvalue weighted by atomic mass is 16.5. The van der Waals surface area contributed by atoms with Gasteiger partial charge in [-0.1, -0.05) is 110 Å². The molecule has 190 valence electrons. The van der Waals surface area contributed by atoms with E-state index in [1.165, 1.54) is 11.6 Å². The van der Waals surface area contributed by atoms with Gasteiger partial charge in [-0.05, 0) is 53.1 Å². The number of hydrogen-bond acceptors (Lipinski definition) is 3. The quantitative estimate of drug-likeness (QED) is 0.193. The van der Waals surface area contributed by atoms with Crippen molar-refractivity contribution in [2.45, 2.75) is 6.10 Å². The summed E-state index contributed by atoms with van der Waals surface area (Å²) >= 11 is 0. The van der Waals surface area contributed by atoms with Crippen LogP contribution in [0.1, 0.15) is 22.8 Å². The molecule has 0 amide bonds. The van der Waals surface area contributed by atoms with Gasteiger partial charge in [-0.2, -0.15) is 0 Å². The first kappa shape index (κ1) is 24.4. The number of anilines is 3.